The summed E-state index contributed by atoms with van der Waals surface area (Å²) in [5.41, 5.74) is 0.521. The van der Waals surface area contributed by atoms with E-state index in [1.54, 1.807) is 24.3 Å². The fraction of sp³-hybridized carbons (Fsp3) is 0.0667. The first-order chi connectivity index (χ1) is 10.5. The van der Waals surface area contributed by atoms with Crippen LogP contribution in [0.1, 0.15) is 15.9 Å². The molecule has 1 amide bonds. The van der Waals surface area contributed by atoms with E-state index in [-0.39, 0.29) is 12.0 Å². The molecule has 22 heavy (non-hydrogen) atoms. The number of nitro groups is 1. The van der Waals surface area contributed by atoms with E-state index in [0.717, 1.165) is 17.7 Å². The zero-order valence-electron chi connectivity index (χ0n) is 11.2. The van der Waals surface area contributed by atoms with E-state index in [0.29, 0.717) is 11.8 Å². The summed E-state index contributed by atoms with van der Waals surface area (Å²) in [6.07, 6.45) is 0.255. The molecule has 1 N–H and O–H groups in total. The van der Waals surface area contributed by atoms with Crippen molar-refractivity contribution in [3.05, 3.63) is 69.5 Å². The van der Waals surface area contributed by atoms with Crippen molar-refractivity contribution in [2.45, 2.75) is 6.42 Å². The van der Waals surface area contributed by atoms with E-state index >= 15 is 0 Å². The maximum Gasteiger partial charge on any atom is 0.272 e. The molecule has 0 aliphatic heterocycles. The Morgan fingerprint density at radius 3 is 2.50 bits per heavy atom. The molecule has 0 spiro atoms. The van der Waals surface area contributed by atoms with E-state index < -0.39 is 22.3 Å². The van der Waals surface area contributed by atoms with Crippen molar-refractivity contribution < 1.29 is 14.1 Å². The van der Waals surface area contributed by atoms with Crippen LogP contribution in [0.4, 0.5) is 15.8 Å². The van der Waals surface area contributed by atoms with E-state index in [4.69, 9.17) is 5.26 Å². The lowest BCUT2D eigenvalue weighted by Crippen LogP contribution is -2.13. The highest BCUT2D eigenvalue weighted by atomic mass is 19.1. The van der Waals surface area contributed by atoms with E-state index in [2.05, 4.69) is 5.32 Å². The van der Waals surface area contributed by atoms with Crippen molar-refractivity contribution in [1.29, 1.82) is 5.26 Å². The highest BCUT2D eigenvalue weighted by Gasteiger charge is 2.16. The number of carbonyl (C=O) groups is 1. The maximum absolute atomic E-state index is 13.7. The number of non-ortho nitro benzene ring substituents is 1. The molecule has 110 valence electrons. The Hall–Kier alpha value is -3.27. The molecule has 0 fully saturated rings. The van der Waals surface area contributed by atoms with Crippen LogP contribution < -0.4 is 5.32 Å². The van der Waals surface area contributed by atoms with Gasteiger partial charge in [0.05, 0.1) is 29.0 Å². The number of amides is 1. The van der Waals surface area contributed by atoms with Gasteiger partial charge in [0.2, 0.25) is 0 Å². The van der Waals surface area contributed by atoms with Crippen LogP contribution in [0, 0.1) is 27.3 Å². The second kappa shape index (κ2) is 6.45. The Morgan fingerprint density at radius 1 is 1.27 bits per heavy atom. The highest BCUT2D eigenvalue weighted by molar-refractivity contribution is 6.04. The van der Waals surface area contributed by atoms with Gasteiger partial charge in [-0.3, -0.25) is 14.9 Å². The first kappa shape index (κ1) is 15.1. The molecule has 0 atom stereocenters. The van der Waals surface area contributed by atoms with Crippen LogP contribution in [0.5, 0.6) is 0 Å². The van der Waals surface area contributed by atoms with Gasteiger partial charge >= 0.3 is 0 Å². The third-order valence-electron chi connectivity index (χ3n) is 2.90. The number of hydrogen-bond acceptors (Lipinski definition) is 4. The zero-order chi connectivity index (χ0) is 16.1. The summed E-state index contributed by atoms with van der Waals surface area (Å²) in [4.78, 5) is 21.7. The zero-order valence-corrected chi connectivity index (χ0v) is 11.2. The topological polar surface area (TPSA) is 96.0 Å². The van der Waals surface area contributed by atoms with Crippen LogP contribution in [0.25, 0.3) is 0 Å². The molecule has 0 saturated heterocycles. The number of rotatable bonds is 4. The third-order valence-corrected chi connectivity index (χ3v) is 2.90. The minimum Gasteiger partial charge on any atom is -0.322 e. The van der Waals surface area contributed by atoms with E-state index in [9.17, 15) is 19.3 Å². The Bertz CT molecular complexity index is 767. The van der Waals surface area contributed by atoms with Gasteiger partial charge in [-0.05, 0) is 23.8 Å². The van der Waals surface area contributed by atoms with Crippen molar-refractivity contribution in [3.63, 3.8) is 0 Å². The predicted molar refractivity (Wildman–Crippen MR) is 76.8 cm³/mol. The first-order valence-corrected chi connectivity index (χ1v) is 6.22. The predicted octanol–water partition coefficient (Wildman–Crippen LogP) is 3.05. The number of nitriles is 1. The van der Waals surface area contributed by atoms with Gasteiger partial charge in [-0.2, -0.15) is 5.26 Å². The highest BCUT2D eigenvalue weighted by Crippen LogP contribution is 2.18. The minimum atomic E-state index is -0.965. The fourth-order valence-electron chi connectivity index (χ4n) is 1.80. The van der Waals surface area contributed by atoms with Crippen LogP contribution in [-0.2, 0) is 6.42 Å². The second-order valence-corrected chi connectivity index (χ2v) is 4.41. The van der Waals surface area contributed by atoms with Gasteiger partial charge in [0.1, 0.15) is 5.82 Å². The molecule has 2 aromatic rings. The number of nitro benzene ring substituents is 1. The second-order valence-electron chi connectivity index (χ2n) is 4.41. The van der Waals surface area contributed by atoms with Crippen molar-refractivity contribution in [3.8, 4) is 6.07 Å². The summed E-state index contributed by atoms with van der Waals surface area (Å²) in [7, 11) is 0. The lowest BCUT2D eigenvalue weighted by Gasteiger charge is -2.06. The lowest BCUT2D eigenvalue weighted by atomic mass is 10.1. The van der Waals surface area contributed by atoms with Gasteiger partial charge in [0.25, 0.3) is 11.6 Å². The Labute approximate surface area is 125 Å². The molecule has 2 rings (SSSR count). The molecular weight excluding hydrogens is 289 g/mol. The molecule has 0 aliphatic carbocycles. The summed E-state index contributed by atoms with van der Waals surface area (Å²) in [6.45, 7) is 0. The Morgan fingerprint density at radius 2 is 1.95 bits per heavy atom. The van der Waals surface area contributed by atoms with E-state index in [1.165, 1.54) is 0 Å². The number of hydrogen-bond donors (Lipinski definition) is 1. The van der Waals surface area contributed by atoms with Crippen LogP contribution in [0.15, 0.2) is 42.5 Å². The van der Waals surface area contributed by atoms with Crippen molar-refractivity contribution in [1.82, 2.24) is 0 Å². The molecule has 6 nitrogen and oxygen atoms in total. The van der Waals surface area contributed by atoms with Gasteiger partial charge in [0, 0.05) is 11.8 Å². The number of nitrogens with zero attached hydrogens (tertiary/aromatic N) is 2. The smallest absolute Gasteiger partial charge is 0.272 e. The maximum atomic E-state index is 13.7. The average molecular weight is 299 g/mol. The largest absolute Gasteiger partial charge is 0.322 e. The monoisotopic (exact) mass is 299 g/mol. The lowest BCUT2D eigenvalue weighted by molar-refractivity contribution is -0.385. The summed E-state index contributed by atoms with van der Waals surface area (Å²) < 4.78 is 13.7. The number of anilines is 1. The standard InChI is InChI=1S/C15H10FN3O3/c16-14-9-12(19(21)22)5-6-13(14)15(20)18-11-3-1-10(2-4-11)7-8-17/h1-6,9H,7H2,(H,18,20). The number of halogens is 1. The van der Waals surface area contributed by atoms with Crippen molar-refractivity contribution in [2.75, 3.05) is 5.32 Å². The summed E-state index contributed by atoms with van der Waals surface area (Å²) >= 11 is 0. The molecule has 0 aromatic heterocycles. The van der Waals surface area contributed by atoms with Crippen LogP contribution >= 0.6 is 0 Å². The molecular formula is C15H10FN3O3. The SMILES string of the molecule is N#CCc1ccc(NC(=O)c2ccc([N+](=O)[O-])cc2F)cc1. The van der Waals surface area contributed by atoms with Crippen LogP contribution in [0.2, 0.25) is 0 Å². The minimum absolute atomic E-state index is 0.255. The number of benzene rings is 2. The van der Waals surface area contributed by atoms with Gasteiger partial charge < -0.3 is 5.32 Å². The van der Waals surface area contributed by atoms with Gasteiger partial charge in [-0.15, -0.1) is 0 Å². The van der Waals surface area contributed by atoms with E-state index in [1.807, 2.05) is 6.07 Å². The summed E-state index contributed by atoms with van der Waals surface area (Å²) in [5, 5.41) is 21.6. The molecule has 0 unspecified atom stereocenters. The molecule has 7 heteroatoms. The molecule has 2 aromatic carbocycles. The summed E-state index contributed by atoms with van der Waals surface area (Å²) in [6, 6.07) is 11.4. The molecule has 0 bridgehead atoms. The number of carbonyl (C=O) groups excluding carboxylic acids is 1. The Kier molecular flexibility index (Phi) is 4.44. The quantitative estimate of drug-likeness (QED) is 0.693. The molecule has 0 radical (unpaired) electrons. The summed E-state index contributed by atoms with van der Waals surface area (Å²) in [5.74, 6) is -1.67. The normalized spacial score (nSPS) is 9.82. The van der Waals surface area contributed by atoms with Crippen LogP contribution in [0.3, 0.4) is 0 Å². The van der Waals surface area contributed by atoms with Gasteiger partial charge in [-0.1, -0.05) is 12.1 Å². The van der Waals surface area contributed by atoms with Crippen LogP contribution in [-0.4, -0.2) is 10.8 Å². The molecule has 0 aliphatic rings. The fourth-order valence-corrected chi connectivity index (χ4v) is 1.80. The third kappa shape index (κ3) is 3.43. The van der Waals surface area contributed by atoms with Crippen molar-refractivity contribution in [2.24, 2.45) is 0 Å². The first-order valence-electron chi connectivity index (χ1n) is 6.22. The van der Waals surface area contributed by atoms with Gasteiger partial charge in [0.15, 0.2) is 0 Å². The average Bonchev–Trinajstić information content (AvgIpc) is 2.49. The Balaban J connectivity index is 2.15. The molecule has 0 saturated carbocycles. The van der Waals surface area contributed by atoms with Gasteiger partial charge in [-0.25, -0.2) is 4.39 Å². The molecule has 0 heterocycles. The number of nitrogens with one attached hydrogen (secondary N) is 1. The van der Waals surface area contributed by atoms with Crippen molar-refractivity contribution >= 4 is 17.3 Å².